The van der Waals surface area contributed by atoms with Gasteiger partial charge in [-0.3, -0.25) is 4.79 Å². The van der Waals surface area contributed by atoms with Crippen molar-refractivity contribution < 1.29 is 14.7 Å². The number of hydrogen-bond donors (Lipinski definition) is 2. The Bertz CT molecular complexity index is 195. The summed E-state index contributed by atoms with van der Waals surface area (Å²) >= 11 is 10.8. The summed E-state index contributed by atoms with van der Waals surface area (Å²) in [6.07, 6.45) is -1.11. The summed E-state index contributed by atoms with van der Waals surface area (Å²) in [6.45, 7) is 1.16. The van der Waals surface area contributed by atoms with Gasteiger partial charge in [-0.2, -0.15) is 0 Å². The molecule has 0 aliphatic carbocycles. The van der Waals surface area contributed by atoms with Gasteiger partial charge in [-0.1, -0.05) is 5.16 Å². The molecule has 1 unspecified atom stereocenters. The lowest BCUT2D eigenvalue weighted by atomic mass is 10.4. The van der Waals surface area contributed by atoms with Crippen LogP contribution >= 0.6 is 23.2 Å². The van der Waals surface area contributed by atoms with Crippen molar-refractivity contribution in [1.82, 2.24) is 0 Å². The third kappa shape index (κ3) is 3.64. The molecule has 0 aromatic carbocycles. The molecule has 0 aromatic heterocycles. The third-order valence-corrected chi connectivity index (χ3v) is 1.39. The smallest absolute Gasteiger partial charge is 0.303 e. The fraction of sp³-hybridized carbons (Fsp3) is 0.600. The number of alkyl halides is 2. The fourth-order valence-electron chi connectivity index (χ4n) is 0.477. The van der Waals surface area contributed by atoms with Gasteiger partial charge in [-0.15, -0.1) is 23.2 Å². The molecule has 1 atom stereocenters. The van der Waals surface area contributed by atoms with E-state index in [1.165, 1.54) is 0 Å². The van der Waals surface area contributed by atoms with Crippen LogP contribution in [-0.2, 0) is 9.53 Å². The van der Waals surface area contributed by atoms with Gasteiger partial charge in [0.25, 0.3) is 0 Å². The molecule has 0 radical (unpaired) electrons. The summed E-state index contributed by atoms with van der Waals surface area (Å²) < 4.78 is 4.55. The fourth-order valence-corrected chi connectivity index (χ4v) is 0.838. The summed E-state index contributed by atoms with van der Waals surface area (Å²) in [5.74, 6) is -0.960. The van der Waals surface area contributed by atoms with Crippen LogP contribution in [0.4, 0.5) is 0 Å². The third-order valence-electron chi connectivity index (χ3n) is 0.929. The van der Waals surface area contributed by atoms with Crippen LogP contribution in [0.5, 0.6) is 0 Å². The van der Waals surface area contributed by atoms with Crippen LogP contribution in [-0.4, -0.2) is 28.0 Å². The largest absolute Gasteiger partial charge is 0.451 e. The Morgan fingerprint density at radius 3 is 2.42 bits per heavy atom. The standard InChI is InChI=1S/C5H8Cl2N2O3/c1-2(10)12-3(4(6)7)5(8)9-11/h3-4,11H,1H3,(H2,8,9). The monoisotopic (exact) mass is 214 g/mol. The highest BCUT2D eigenvalue weighted by Crippen LogP contribution is 2.11. The van der Waals surface area contributed by atoms with E-state index in [4.69, 9.17) is 34.1 Å². The average molecular weight is 215 g/mol. The predicted octanol–water partition coefficient (Wildman–Crippen LogP) is 0.468. The highest BCUT2D eigenvalue weighted by atomic mass is 35.5. The molecule has 0 aliphatic rings. The van der Waals surface area contributed by atoms with Crippen LogP contribution in [0.2, 0.25) is 0 Å². The van der Waals surface area contributed by atoms with E-state index < -0.39 is 16.9 Å². The summed E-state index contributed by atoms with van der Waals surface area (Å²) in [5.41, 5.74) is 5.12. The number of rotatable bonds is 3. The van der Waals surface area contributed by atoms with Crippen molar-refractivity contribution in [3.8, 4) is 0 Å². The Morgan fingerprint density at radius 2 is 2.17 bits per heavy atom. The Morgan fingerprint density at radius 1 is 1.67 bits per heavy atom. The van der Waals surface area contributed by atoms with E-state index in [1.54, 1.807) is 0 Å². The summed E-state index contributed by atoms with van der Waals surface area (Å²) in [4.78, 5) is 9.38. The number of nitrogens with two attached hydrogens (primary N) is 1. The highest BCUT2D eigenvalue weighted by molar-refractivity contribution is 6.46. The molecule has 0 aliphatic heterocycles. The second kappa shape index (κ2) is 5.05. The van der Waals surface area contributed by atoms with E-state index in [0.717, 1.165) is 6.92 Å². The Hall–Kier alpha value is -0.680. The SMILES string of the molecule is CC(=O)OC(C(N)=NO)C(Cl)Cl. The number of hydrogen-bond acceptors (Lipinski definition) is 4. The Kier molecular flexibility index (Phi) is 4.77. The van der Waals surface area contributed by atoms with Gasteiger partial charge < -0.3 is 15.7 Å². The van der Waals surface area contributed by atoms with E-state index in [1.807, 2.05) is 0 Å². The number of oxime groups is 1. The van der Waals surface area contributed by atoms with Crippen molar-refractivity contribution in [3.63, 3.8) is 0 Å². The molecule has 0 bridgehead atoms. The molecule has 0 heterocycles. The number of nitrogens with zero attached hydrogens (tertiary/aromatic N) is 1. The van der Waals surface area contributed by atoms with Gasteiger partial charge in [0.1, 0.15) is 0 Å². The lowest BCUT2D eigenvalue weighted by Gasteiger charge is -2.15. The van der Waals surface area contributed by atoms with Crippen molar-refractivity contribution in [3.05, 3.63) is 0 Å². The van der Waals surface area contributed by atoms with Crippen LogP contribution in [0.25, 0.3) is 0 Å². The van der Waals surface area contributed by atoms with Gasteiger partial charge in [-0.05, 0) is 0 Å². The van der Waals surface area contributed by atoms with Crippen LogP contribution in [0.15, 0.2) is 5.16 Å². The first-order valence-electron chi connectivity index (χ1n) is 2.91. The topological polar surface area (TPSA) is 84.9 Å². The summed E-state index contributed by atoms with van der Waals surface area (Å²) in [5, 5.41) is 10.8. The molecule has 0 saturated carbocycles. The minimum Gasteiger partial charge on any atom is -0.451 e. The van der Waals surface area contributed by atoms with Crippen LogP contribution < -0.4 is 5.73 Å². The van der Waals surface area contributed by atoms with E-state index >= 15 is 0 Å². The minimum absolute atomic E-state index is 0.347. The number of amidine groups is 1. The maximum absolute atomic E-state index is 10.4. The predicted molar refractivity (Wildman–Crippen MR) is 44.5 cm³/mol. The van der Waals surface area contributed by atoms with Crippen molar-refractivity contribution in [2.45, 2.75) is 17.9 Å². The van der Waals surface area contributed by atoms with Crippen molar-refractivity contribution >= 4 is 35.0 Å². The van der Waals surface area contributed by atoms with E-state index in [9.17, 15) is 4.79 Å². The molecule has 0 aromatic rings. The molecular weight excluding hydrogens is 207 g/mol. The molecule has 0 spiro atoms. The van der Waals surface area contributed by atoms with Crippen LogP contribution in [0.3, 0.4) is 0 Å². The number of carbonyl (C=O) groups is 1. The average Bonchev–Trinajstić information content (AvgIpc) is 1.98. The number of ether oxygens (including phenoxy) is 1. The molecule has 70 valence electrons. The molecule has 0 fully saturated rings. The Balaban J connectivity index is 4.34. The summed E-state index contributed by atoms with van der Waals surface area (Å²) in [7, 11) is 0. The molecule has 5 nitrogen and oxygen atoms in total. The zero-order valence-electron chi connectivity index (χ0n) is 6.20. The first-order valence-corrected chi connectivity index (χ1v) is 3.79. The maximum atomic E-state index is 10.4. The molecule has 0 rings (SSSR count). The van der Waals surface area contributed by atoms with Gasteiger partial charge >= 0.3 is 5.97 Å². The molecule has 3 N–H and O–H groups in total. The van der Waals surface area contributed by atoms with Gasteiger partial charge in [0.2, 0.25) is 0 Å². The molecule has 0 saturated heterocycles. The van der Waals surface area contributed by atoms with E-state index in [-0.39, 0.29) is 5.84 Å². The van der Waals surface area contributed by atoms with Gasteiger partial charge in [0, 0.05) is 6.92 Å². The lowest BCUT2D eigenvalue weighted by molar-refractivity contribution is -0.142. The molecule has 7 heteroatoms. The van der Waals surface area contributed by atoms with Gasteiger partial charge in [-0.25, -0.2) is 0 Å². The van der Waals surface area contributed by atoms with Crippen molar-refractivity contribution in [1.29, 1.82) is 0 Å². The lowest BCUT2D eigenvalue weighted by Crippen LogP contribution is -2.37. The second-order valence-electron chi connectivity index (χ2n) is 1.89. The van der Waals surface area contributed by atoms with E-state index in [0.29, 0.717) is 0 Å². The van der Waals surface area contributed by atoms with Crippen molar-refractivity contribution in [2.24, 2.45) is 10.9 Å². The molecular formula is C5H8Cl2N2O3. The number of halogens is 2. The maximum Gasteiger partial charge on any atom is 0.303 e. The van der Waals surface area contributed by atoms with Gasteiger partial charge in [0.05, 0.1) is 0 Å². The van der Waals surface area contributed by atoms with Crippen molar-refractivity contribution in [2.75, 3.05) is 0 Å². The van der Waals surface area contributed by atoms with Crippen LogP contribution in [0.1, 0.15) is 6.92 Å². The van der Waals surface area contributed by atoms with E-state index in [2.05, 4.69) is 9.89 Å². The summed E-state index contributed by atoms with van der Waals surface area (Å²) in [6, 6.07) is 0. The highest BCUT2D eigenvalue weighted by Gasteiger charge is 2.24. The zero-order valence-corrected chi connectivity index (χ0v) is 7.71. The van der Waals surface area contributed by atoms with Crippen LogP contribution in [0, 0.1) is 0 Å². The second-order valence-corrected chi connectivity index (χ2v) is 3.05. The minimum atomic E-state index is -1.11. The number of esters is 1. The normalized spacial score (nSPS) is 14.5. The molecule has 12 heavy (non-hydrogen) atoms. The first kappa shape index (κ1) is 11.3. The zero-order chi connectivity index (χ0) is 9.72. The van der Waals surface area contributed by atoms with Gasteiger partial charge in [0.15, 0.2) is 16.8 Å². The number of carbonyl (C=O) groups excluding carboxylic acids is 1. The molecule has 0 amide bonds. The quantitative estimate of drug-likeness (QED) is 0.179. The Labute approximate surface area is 79.1 Å². The first-order chi connectivity index (χ1) is 5.49.